The smallest absolute Gasteiger partial charge is 0.367 e. The lowest BCUT2D eigenvalue weighted by Gasteiger charge is -2.41. The van der Waals surface area contributed by atoms with Crippen LogP contribution in [0, 0.1) is 0 Å². The van der Waals surface area contributed by atoms with Gasteiger partial charge in [0.25, 0.3) is 0 Å². The largest absolute Gasteiger partial charge is 0.497 e. The molecule has 8 heavy (non-hydrogen) atoms. The molecule has 0 aromatic rings. The molecule has 0 atom stereocenters. The molecular weight excluding hydrogens is 144 g/mol. The molecule has 0 bridgehead atoms. The zero-order valence-corrected chi connectivity index (χ0v) is 6.13. The second-order valence-electron chi connectivity index (χ2n) is 1.65. The first kappa shape index (κ1) is 6.32. The van der Waals surface area contributed by atoms with Crippen LogP contribution in [-0.4, -0.2) is 17.8 Å². The second kappa shape index (κ2) is 1.37. The van der Waals surface area contributed by atoms with E-state index in [1.165, 1.54) is 0 Å². The van der Waals surface area contributed by atoms with Crippen molar-refractivity contribution in [1.29, 1.82) is 0 Å². The molecule has 0 aromatic carbocycles. The van der Waals surface area contributed by atoms with Gasteiger partial charge in [-0.05, 0) is 0 Å². The van der Waals surface area contributed by atoms with Crippen molar-refractivity contribution in [2.45, 2.75) is 0 Å². The number of hydrogen-bond donors (Lipinski definition) is 4. The highest BCUT2D eigenvalue weighted by Crippen LogP contribution is 2.11. The van der Waals surface area contributed by atoms with Crippen LogP contribution in [0.4, 0.5) is 0 Å². The monoisotopic (exact) mass is 152 g/mol. The van der Waals surface area contributed by atoms with E-state index in [-0.39, 0.29) is 0 Å². The van der Waals surface area contributed by atoms with Crippen LogP contribution in [-0.2, 0) is 8.23 Å². The van der Waals surface area contributed by atoms with Gasteiger partial charge in [0.15, 0.2) is 0 Å². The van der Waals surface area contributed by atoms with Crippen LogP contribution in [0.15, 0.2) is 0 Å². The molecule has 0 radical (unpaired) electrons. The molecule has 1 aliphatic heterocycles. The Labute approximate surface area is 48.5 Å². The third kappa shape index (κ3) is 1.12. The Morgan fingerprint density at radius 3 is 1.00 bits per heavy atom. The van der Waals surface area contributed by atoms with E-state index in [0.717, 1.165) is 0 Å². The third-order valence-electron chi connectivity index (χ3n) is 0.638. The van der Waals surface area contributed by atoms with Crippen LogP contribution >= 0.6 is 0 Å². The standard InChI is InChI=1S/H8N4O2Si2/c1-7(2)5-8(3,4)6-7/h1-4H2. The Balaban J connectivity index is 2.42. The van der Waals surface area contributed by atoms with Gasteiger partial charge >= 0.3 is 17.8 Å². The van der Waals surface area contributed by atoms with Gasteiger partial charge in [0.2, 0.25) is 0 Å². The molecule has 0 spiro atoms. The molecule has 8 N–H and O–H groups in total. The third-order valence-corrected chi connectivity index (χ3v) is 5.74. The fourth-order valence-electron chi connectivity index (χ4n) is 0.506. The molecule has 0 saturated carbocycles. The van der Waals surface area contributed by atoms with E-state index in [0.29, 0.717) is 0 Å². The highest BCUT2D eigenvalue weighted by atomic mass is 28.5. The van der Waals surface area contributed by atoms with Crippen molar-refractivity contribution in [2.24, 2.45) is 21.6 Å². The average molecular weight is 152 g/mol. The molecule has 0 amide bonds. The minimum absolute atomic E-state index is 2.77. The van der Waals surface area contributed by atoms with Crippen LogP contribution in [0.5, 0.6) is 0 Å². The van der Waals surface area contributed by atoms with Gasteiger partial charge in [0, 0.05) is 0 Å². The fraction of sp³-hybridized carbons (Fsp3) is 0. The molecule has 1 aliphatic rings. The van der Waals surface area contributed by atoms with Gasteiger partial charge in [-0.1, -0.05) is 0 Å². The van der Waals surface area contributed by atoms with E-state index in [4.69, 9.17) is 21.6 Å². The molecule has 8 heteroatoms. The van der Waals surface area contributed by atoms with Crippen molar-refractivity contribution in [2.75, 3.05) is 0 Å². The quantitative estimate of drug-likeness (QED) is 0.270. The molecule has 1 rings (SSSR count). The minimum atomic E-state index is -2.77. The maximum Gasteiger partial charge on any atom is 0.497 e. The first-order chi connectivity index (χ1) is 3.41. The number of hydrogen-bond acceptors (Lipinski definition) is 6. The molecule has 0 aliphatic carbocycles. The zero-order chi connectivity index (χ0) is 6.41. The van der Waals surface area contributed by atoms with Gasteiger partial charge in [0.05, 0.1) is 0 Å². The average Bonchev–Trinajstić information content (AvgIpc) is 1.20. The summed E-state index contributed by atoms with van der Waals surface area (Å²) in [6.07, 6.45) is 0. The molecular formula is H8N4O2Si2. The van der Waals surface area contributed by atoms with Crippen molar-refractivity contribution >= 4 is 17.8 Å². The normalized spacial score (nSPS) is 31.5. The first-order valence-electron chi connectivity index (χ1n) is 1.97. The summed E-state index contributed by atoms with van der Waals surface area (Å²) in [5.74, 6) is 0. The fourth-order valence-corrected chi connectivity index (χ4v) is 4.56. The van der Waals surface area contributed by atoms with Crippen LogP contribution in [0.2, 0.25) is 0 Å². The highest BCUT2D eigenvalue weighted by Gasteiger charge is 2.57. The van der Waals surface area contributed by atoms with Gasteiger partial charge in [-0.2, -0.15) is 0 Å². The van der Waals surface area contributed by atoms with E-state index >= 15 is 0 Å². The second-order valence-corrected chi connectivity index (χ2v) is 6.17. The molecule has 48 valence electrons. The lowest BCUT2D eigenvalue weighted by molar-refractivity contribution is 0.212. The number of nitrogens with two attached hydrogens (primary N) is 4. The summed E-state index contributed by atoms with van der Waals surface area (Å²) in [7, 11) is -5.55. The number of rotatable bonds is 0. The van der Waals surface area contributed by atoms with Gasteiger partial charge in [-0.25, -0.2) is 0 Å². The van der Waals surface area contributed by atoms with Crippen LogP contribution in [0.1, 0.15) is 0 Å². The summed E-state index contributed by atoms with van der Waals surface area (Å²) in [6.45, 7) is 0. The summed E-state index contributed by atoms with van der Waals surface area (Å²) in [4.78, 5) is 0. The minimum Gasteiger partial charge on any atom is -0.367 e. The van der Waals surface area contributed by atoms with E-state index in [2.05, 4.69) is 8.23 Å². The van der Waals surface area contributed by atoms with Crippen molar-refractivity contribution in [3.05, 3.63) is 0 Å². The summed E-state index contributed by atoms with van der Waals surface area (Å²) in [5.41, 5.74) is 0. The van der Waals surface area contributed by atoms with Crippen molar-refractivity contribution in [1.82, 2.24) is 0 Å². The molecule has 0 unspecified atom stereocenters. The Morgan fingerprint density at radius 2 is 1.00 bits per heavy atom. The van der Waals surface area contributed by atoms with Crippen molar-refractivity contribution in [3.63, 3.8) is 0 Å². The Kier molecular flexibility index (Phi) is 1.08. The van der Waals surface area contributed by atoms with Crippen molar-refractivity contribution in [3.8, 4) is 0 Å². The van der Waals surface area contributed by atoms with Crippen molar-refractivity contribution < 1.29 is 8.23 Å². The summed E-state index contributed by atoms with van der Waals surface area (Å²) in [6, 6.07) is 0. The SMILES string of the molecule is N[Si]1(N)O[Si](N)(N)O1. The first-order valence-corrected chi connectivity index (χ1v) is 5.91. The highest BCUT2D eigenvalue weighted by molar-refractivity contribution is 6.88. The lowest BCUT2D eigenvalue weighted by Crippen LogP contribution is -2.88. The van der Waals surface area contributed by atoms with Crippen LogP contribution < -0.4 is 21.6 Å². The van der Waals surface area contributed by atoms with Gasteiger partial charge < -0.3 is 8.23 Å². The van der Waals surface area contributed by atoms with E-state index in [9.17, 15) is 0 Å². The van der Waals surface area contributed by atoms with Gasteiger partial charge in [-0.15, -0.1) is 0 Å². The van der Waals surface area contributed by atoms with Crippen LogP contribution in [0.3, 0.4) is 0 Å². The summed E-state index contributed by atoms with van der Waals surface area (Å²) in [5, 5.41) is 20.6. The molecule has 1 saturated heterocycles. The predicted octanol–water partition coefficient (Wildman–Crippen LogP) is -3.26. The van der Waals surface area contributed by atoms with E-state index in [1.54, 1.807) is 0 Å². The van der Waals surface area contributed by atoms with Gasteiger partial charge in [-0.3, -0.25) is 21.6 Å². The molecule has 1 heterocycles. The summed E-state index contributed by atoms with van der Waals surface area (Å²) < 4.78 is 9.36. The maximum absolute atomic E-state index is 5.14. The summed E-state index contributed by atoms with van der Waals surface area (Å²) >= 11 is 0. The molecule has 1 fully saturated rings. The zero-order valence-electron chi connectivity index (χ0n) is 4.13. The Hall–Kier alpha value is 0.194. The van der Waals surface area contributed by atoms with Gasteiger partial charge in [0.1, 0.15) is 0 Å². The Bertz CT molecular complexity index is 88.6. The molecule has 0 aromatic heterocycles. The topological polar surface area (TPSA) is 123 Å². The van der Waals surface area contributed by atoms with E-state index < -0.39 is 17.8 Å². The molecule has 6 nitrogen and oxygen atoms in total. The Morgan fingerprint density at radius 1 is 0.750 bits per heavy atom. The predicted molar refractivity (Wildman–Crippen MR) is 30.4 cm³/mol. The van der Waals surface area contributed by atoms with Crippen LogP contribution in [0.25, 0.3) is 0 Å². The maximum atomic E-state index is 5.14. The lowest BCUT2D eigenvalue weighted by atomic mass is 13.8. The van der Waals surface area contributed by atoms with E-state index in [1.807, 2.05) is 0 Å².